The van der Waals surface area contributed by atoms with E-state index in [9.17, 15) is 0 Å². The second-order valence-electron chi connectivity index (χ2n) is 3.22. The van der Waals surface area contributed by atoms with Gasteiger partial charge in [-0.05, 0) is 0 Å². The van der Waals surface area contributed by atoms with Gasteiger partial charge in [0.15, 0.2) is 0 Å². The van der Waals surface area contributed by atoms with Crippen LogP contribution in [0.3, 0.4) is 0 Å². The van der Waals surface area contributed by atoms with Crippen molar-refractivity contribution in [3.8, 4) is 0 Å². The summed E-state index contributed by atoms with van der Waals surface area (Å²) in [6, 6.07) is 0. The molecule has 86 valence electrons. The molecule has 6 nitrogen and oxygen atoms in total. The van der Waals surface area contributed by atoms with Gasteiger partial charge in [0.2, 0.25) is 5.89 Å². The molecule has 2 aromatic heterocycles. The number of rotatable bonds is 5. The van der Waals surface area contributed by atoms with Crippen LogP contribution < -0.4 is 5.73 Å². The van der Waals surface area contributed by atoms with Crippen molar-refractivity contribution < 1.29 is 4.42 Å². The lowest BCUT2D eigenvalue weighted by Crippen LogP contribution is -1.98. The highest BCUT2D eigenvalue weighted by molar-refractivity contribution is 7.99. The van der Waals surface area contributed by atoms with E-state index in [2.05, 4.69) is 15.2 Å². The van der Waals surface area contributed by atoms with Crippen molar-refractivity contribution in [2.75, 3.05) is 5.75 Å². The lowest BCUT2D eigenvalue weighted by molar-refractivity contribution is 0.415. The van der Waals surface area contributed by atoms with E-state index in [4.69, 9.17) is 10.2 Å². The molecule has 0 unspecified atom stereocenters. The van der Waals surface area contributed by atoms with E-state index in [1.54, 1.807) is 6.20 Å². The van der Waals surface area contributed by atoms with E-state index in [0.29, 0.717) is 11.1 Å². The smallest absolute Gasteiger partial charge is 0.276 e. The molecule has 0 amide bonds. The summed E-state index contributed by atoms with van der Waals surface area (Å²) in [6.07, 6.45) is 4.59. The molecule has 0 aromatic carbocycles. The van der Waals surface area contributed by atoms with Gasteiger partial charge in [-0.2, -0.15) is 0 Å². The average Bonchev–Trinajstić information content (AvgIpc) is 2.89. The van der Waals surface area contributed by atoms with Gasteiger partial charge in [-0.15, -0.1) is 10.2 Å². The monoisotopic (exact) mass is 239 g/mol. The van der Waals surface area contributed by atoms with Crippen molar-refractivity contribution in [2.24, 2.45) is 12.8 Å². The summed E-state index contributed by atoms with van der Waals surface area (Å²) < 4.78 is 7.27. The second-order valence-corrected chi connectivity index (χ2v) is 4.26. The number of aromatic nitrogens is 4. The van der Waals surface area contributed by atoms with E-state index in [1.807, 2.05) is 17.8 Å². The molecule has 0 aliphatic heterocycles. The molecule has 2 N–H and O–H groups in total. The fourth-order valence-electron chi connectivity index (χ4n) is 1.25. The second kappa shape index (κ2) is 5.13. The fraction of sp³-hybridized carbons (Fsp3) is 0.444. The number of imidazole rings is 1. The molecule has 0 radical (unpaired) electrons. The summed E-state index contributed by atoms with van der Waals surface area (Å²) in [5.74, 6) is 2.38. The van der Waals surface area contributed by atoms with Crippen molar-refractivity contribution in [1.29, 1.82) is 0 Å². The highest BCUT2D eigenvalue weighted by atomic mass is 32.2. The standard InChI is InChI=1S/C9H13N5OS/c1-14-4-3-11-7(14)2-5-16-9-13-12-8(6-10)15-9/h3-4H,2,5-6,10H2,1H3. The Hall–Kier alpha value is -1.34. The van der Waals surface area contributed by atoms with Crippen LogP contribution in [-0.2, 0) is 20.0 Å². The number of nitrogens with two attached hydrogens (primary N) is 1. The Labute approximate surface area is 97.3 Å². The highest BCUT2D eigenvalue weighted by Gasteiger charge is 2.06. The molecule has 16 heavy (non-hydrogen) atoms. The van der Waals surface area contributed by atoms with Crippen LogP contribution in [0.1, 0.15) is 11.7 Å². The van der Waals surface area contributed by atoms with Gasteiger partial charge in [0, 0.05) is 31.6 Å². The number of hydrogen-bond donors (Lipinski definition) is 1. The summed E-state index contributed by atoms with van der Waals surface area (Å²) in [6.45, 7) is 0.285. The largest absolute Gasteiger partial charge is 0.415 e. The van der Waals surface area contributed by atoms with E-state index in [1.165, 1.54) is 11.8 Å². The van der Waals surface area contributed by atoms with Gasteiger partial charge < -0.3 is 14.7 Å². The first-order chi connectivity index (χ1) is 7.79. The maximum Gasteiger partial charge on any atom is 0.276 e. The van der Waals surface area contributed by atoms with Crippen molar-refractivity contribution in [3.63, 3.8) is 0 Å². The minimum atomic E-state index is 0.285. The van der Waals surface area contributed by atoms with Crippen LogP contribution in [0.25, 0.3) is 0 Å². The molecular weight excluding hydrogens is 226 g/mol. The Kier molecular flexibility index (Phi) is 3.58. The SMILES string of the molecule is Cn1ccnc1CCSc1nnc(CN)o1. The van der Waals surface area contributed by atoms with Gasteiger partial charge in [0.05, 0.1) is 6.54 Å². The van der Waals surface area contributed by atoms with Crippen LogP contribution >= 0.6 is 11.8 Å². The molecule has 2 heterocycles. The zero-order chi connectivity index (χ0) is 11.4. The summed E-state index contributed by atoms with van der Waals surface area (Å²) >= 11 is 1.51. The van der Waals surface area contributed by atoms with Crippen LogP contribution in [0.2, 0.25) is 0 Å². The molecule has 7 heteroatoms. The van der Waals surface area contributed by atoms with Crippen molar-refractivity contribution in [2.45, 2.75) is 18.2 Å². The van der Waals surface area contributed by atoms with Crippen LogP contribution in [0.5, 0.6) is 0 Å². The Morgan fingerprint density at radius 3 is 3.00 bits per heavy atom. The van der Waals surface area contributed by atoms with Crippen LogP contribution in [-0.4, -0.2) is 25.5 Å². The molecule has 0 aliphatic rings. The van der Waals surface area contributed by atoms with Crippen molar-refractivity contribution in [3.05, 3.63) is 24.1 Å². The maximum absolute atomic E-state index is 5.37. The Morgan fingerprint density at radius 1 is 1.50 bits per heavy atom. The third kappa shape index (κ3) is 2.61. The third-order valence-electron chi connectivity index (χ3n) is 2.10. The quantitative estimate of drug-likeness (QED) is 0.769. The first kappa shape index (κ1) is 11.2. The van der Waals surface area contributed by atoms with Crippen molar-refractivity contribution in [1.82, 2.24) is 19.7 Å². The zero-order valence-electron chi connectivity index (χ0n) is 8.96. The topological polar surface area (TPSA) is 82.8 Å². The number of hydrogen-bond acceptors (Lipinski definition) is 6. The number of nitrogens with zero attached hydrogens (tertiary/aromatic N) is 4. The summed E-state index contributed by atoms with van der Waals surface area (Å²) in [5, 5.41) is 8.22. The van der Waals surface area contributed by atoms with Crippen molar-refractivity contribution >= 4 is 11.8 Å². The fourth-order valence-corrected chi connectivity index (χ4v) is 1.96. The summed E-state index contributed by atoms with van der Waals surface area (Å²) in [7, 11) is 1.98. The van der Waals surface area contributed by atoms with Crippen LogP contribution in [0.15, 0.2) is 22.0 Å². The zero-order valence-corrected chi connectivity index (χ0v) is 9.78. The minimum Gasteiger partial charge on any atom is -0.415 e. The van der Waals surface area contributed by atoms with Crippen LogP contribution in [0.4, 0.5) is 0 Å². The van der Waals surface area contributed by atoms with Crippen LogP contribution in [0, 0.1) is 0 Å². The molecule has 0 saturated heterocycles. The van der Waals surface area contributed by atoms with Gasteiger partial charge in [-0.25, -0.2) is 4.98 Å². The molecular formula is C9H13N5OS. The van der Waals surface area contributed by atoms with Gasteiger partial charge in [0.1, 0.15) is 5.82 Å². The van der Waals surface area contributed by atoms with E-state index in [0.717, 1.165) is 18.0 Å². The predicted octanol–water partition coefficient (Wildman–Crippen LogP) is 0.597. The molecule has 2 aromatic rings. The lowest BCUT2D eigenvalue weighted by Gasteiger charge is -1.98. The third-order valence-corrected chi connectivity index (χ3v) is 2.92. The highest BCUT2D eigenvalue weighted by Crippen LogP contribution is 2.16. The van der Waals surface area contributed by atoms with E-state index >= 15 is 0 Å². The normalized spacial score (nSPS) is 10.9. The molecule has 0 spiro atoms. The number of thioether (sulfide) groups is 1. The molecule has 0 aliphatic carbocycles. The predicted molar refractivity (Wildman–Crippen MR) is 59.8 cm³/mol. The van der Waals surface area contributed by atoms with Gasteiger partial charge in [-0.3, -0.25) is 0 Å². The molecule has 2 rings (SSSR count). The molecule has 0 bridgehead atoms. The number of aryl methyl sites for hydroxylation is 2. The molecule has 0 fully saturated rings. The lowest BCUT2D eigenvalue weighted by atomic mass is 10.4. The summed E-state index contributed by atoms with van der Waals surface area (Å²) in [4.78, 5) is 4.23. The minimum absolute atomic E-state index is 0.285. The average molecular weight is 239 g/mol. The Bertz CT molecular complexity index is 452. The van der Waals surface area contributed by atoms with E-state index in [-0.39, 0.29) is 6.54 Å². The summed E-state index contributed by atoms with van der Waals surface area (Å²) in [5.41, 5.74) is 5.37. The molecule has 0 saturated carbocycles. The first-order valence-electron chi connectivity index (χ1n) is 4.91. The Balaban J connectivity index is 1.82. The van der Waals surface area contributed by atoms with Gasteiger partial charge >= 0.3 is 0 Å². The maximum atomic E-state index is 5.37. The van der Waals surface area contributed by atoms with E-state index < -0.39 is 0 Å². The Morgan fingerprint density at radius 2 is 2.38 bits per heavy atom. The van der Waals surface area contributed by atoms with Gasteiger partial charge in [-0.1, -0.05) is 11.8 Å². The van der Waals surface area contributed by atoms with Gasteiger partial charge in [0.25, 0.3) is 5.22 Å². The first-order valence-corrected chi connectivity index (χ1v) is 5.89. The molecule has 0 atom stereocenters.